The predicted octanol–water partition coefficient (Wildman–Crippen LogP) is 3.73. The predicted molar refractivity (Wildman–Crippen MR) is 127 cm³/mol. The molecule has 6 aromatic rings. The van der Waals surface area contributed by atoms with Crippen LogP contribution in [0.5, 0.6) is 0 Å². The van der Waals surface area contributed by atoms with Crippen molar-refractivity contribution in [1.29, 1.82) is 5.26 Å². The lowest BCUT2D eigenvalue weighted by Gasteiger charge is -2.07. The SMILES string of the molecule is Cn1c2nc(Cc3ccc(C#N)cc3)sc2c2cnn(Cc3cccc4[nH]ncc34)c(=O)c21. The largest absolute Gasteiger partial charge is 0.323 e. The number of H-pyrrole nitrogens is 1. The monoisotopic (exact) mass is 451 g/mol. The first-order valence-electron chi connectivity index (χ1n) is 10.4. The Morgan fingerprint density at radius 1 is 1.12 bits per heavy atom. The first kappa shape index (κ1) is 19.4. The molecule has 0 fully saturated rings. The van der Waals surface area contributed by atoms with E-state index in [-0.39, 0.29) is 5.56 Å². The van der Waals surface area contributed by atoms with Crippen LogP contribution < -0.4 is 5.56 Å². The molecular formula is C24H17N7OS. The van der Waals surface area contributed by atoms with Crippen molar-refractivity contribution in [2.24, 2.45) is 7.05 Å². The van der Waals surface area contributed by atoms with Crippen LogP contribution in [0.1, 0.15) is 21.7 Å². The number of hydrogen-bond acceptors (Lipinski definition) is 6. The number of nitrogens with one attached hydrogen (secondary N) is 1. The molecule has 0 amide bonds. The van der Waals surface area contributed by atoms with Gasteiger partial charge in [-0.05, 0) is 29.3 Å². The smallest absolute Gasteiger partial charge is 0.291 e. The van der Waals surface area contributed by atoms with Crippen molar-refractivity contribution in [3.8, 4) is 6.07 Å². The molecule has 0 aliphatic heterocycles. The van der Waals surface area contributed by atoms with Gasteiger partial charge >= 0.3 is 0 Å². The van der Waals surface area contributed by atoms with E-state index in [1.807, 2.05) is 54.1 Å². The molecule has 0 unspecified atom stereocenters. The van der Waals surface area contributed by atoms with Gasteiger partial charge in [-0.3, -0.25) is 9.89 Å². The molecule has 0 aliphatic carbocycles. The summed E-state index contributed by atoms with van der Waals surface area (Å²) in [6.45, 7) is 0.363. The Bertz CT molecular complexity index is 1760. The summed E-state index contributed by atoms with van der Waals surface area (Å²) in [6, 6.07) is 15.5. The fraction of sp³-hybridized carbons (Fsp3) is 0.125. The normalized spacial score (nSPS) is 11.5. The maximum atomic E-state index is 13.3. The molecule has 8 nitrogen and oxygen atoms in total. The van der Waals surface area contributed by atoms with Gasteiger partial charge in [0.1, 0.15) is 10.5 Å². The van der Waals surface area contributed by atoms with E-state index < -0.39 is 0 Å². The molecule has 6 rings (SSSR count). The number of aromatic nitrogens is 6. The third kappa shape index (κ3) is 3.11. The number of hydrogen-bond donors (Lipinski definition) is 1. The molecule has 160 valence electrons. The highest BCUT2D eigenvalue weighted by molar-refractivity contribution is 7.19. The number of benzene rings is 2. The summed E-state index contributed by atoms with van der Waals surface area (Å²) in [5.74, 6) is 0. The van der Waals surface area contributed by atoms with Crippen molar-refractivity contribution in [2.75, 3.05) is 0 Å². The number of fused-ring (bicyclic) bond motifs is 4. The second-order valence-electron chi connectivity index (χ2n) is 7.92. The summed E-state index contributed by atoms with van der Waals surface area (Å²) < 4.78 is 4.32. The molecule has 0 bridgehead atoms. The summed E-state index contributed by atoms with van der Waals surface area (Å²) in [4.78, 5) is 18.1. The fourth-order valence-corrected chi connectivity index (χ4v) is 5.36. The lowest BCUT2D eigenvalue weighted by atomic mass is 10.1. The van der Waals surface area contributed by atoms with Gasteiger partial charge in [0.2, 0.25) is 0 Å². The third-order valence-corrected chi connectivity index (χ3v) is 6.98. The zero-order valence-electron chi connectivity index (χ0n) is 17.6. The van der Waals surface area contributed by atoms with Crippen molar-refractivity contribution in [3.63, 3.8) is 0 Å². The van der Waals surface area contributed by atoms with Gasteiger partial charge in [0, 0.05) is 24.2 Å². The van der Waals surface area contributed by atoms with Crippen LogP contribution in [-0.4, -0.2) is 29.5 Å². The standard InChI is InChI=1S/C24H17N7OS/c1-30-21-18(22-23(30)28-20(33-22)9-14-5-7-15(10-25)8-6-14)12-27-31(24(21)32)13-16-3-2-4-19-17(16)11-26-29-19/h2-8,11-12H,9,13H2,1H3,(H,26,29). The number of aromatic amines is 1. The molecule has 4 heterocycles. The summed E-state index contributed by atoms with van der Waals surface area (Å²) in [5.41, 5.74) is 4.88. The molecule has 0 saturated carbocycles. The van der Waals surface area contributed by atoms with Crippen LogP contribution in [0.4, 0.5) is 0 Å². The van der Waals surface area contributed by atoms with Gasteiger partial charge in [-0.1, -0.05) is 24.3 Å². The van der Waals surface area contributed by atoms with E-state index in [1.54, 1.807) is 23.7 Å². The number of nitrogens with zero attached hydrogens (tertiary/aromatic N) is 6. The average molecular weight is 452 g/mol. The van der Waals surface area contributed by atoms with Gasteiger partial charge in [0.25, 0.3) is 5.56 Å². The van der Waals surface area contributed by atoms with Crippen LogP contribution in [0.2, 0.25) is 0 Å². The van der Waals surface area contributed by atoms with Crippen LogP contribution in [0, 0.1) is 11.3 Å². The zero-order chi connectivity index (χ0) is 22.5. The number of rotatable bonds is 4. The van der Waals surface area contributed by atoms with Crippen LogP contribution in [0.15, 0.2) is 59.7 Å². The van der Waals surface area contributed by atoms with Crippen molar-refractivity contribution in [3.05, 3.63) is 86.9 Å². The maximum Gasteiger partial charge on any atom is 0.291 e. The Kier molecular flexibility index (Phi) is 4.35. The Morgan fingerprint density at radius 3 is 2.79 bits per heavy atom. The van der Waals surface area contributed by atoms with Crippen LogP contribution in [-0.2, 0) is 20.0 Å². The molecule has 0 aliphatic rings. The van der Waals surface area contributed by atoms with Gasteiger partial charge in [0.05, 0.1) is 40.8 Å². The molecule has 33 heavy (non-hydrogen) atoms. The molecule has 2 aromatic carbocycles. The zero-order valence-corrected chi connectivity index (χ0v) is 18.4. The van der Waals surface area contributed by atoms with E-state index in [9.17, 15) is 4.79 Å². The summed E-state index contributed by atoms with van der Waals surface area (Å²) in [6.07, 6.45) is 4.20. The van der Waals surface area contributed by atoms with E-state index in [4.69, 9.17) is 10.2 Å². The average Bonchev–Trinajstić information content (AvgIpc) is 3.53. The van der Waals surface area contributed by atoms with Crippen LogP contribution in [0.25, 0.3) is 32.2 Å². The molecule has 0 radical (unpaired) electrons. The molecule has 9 heteroatoms. The Morgan fingerprint density at radius 2 is 1.97 bits per heavy atom. The van der Waals surface area contributed by atoms with Crippen molar-refractivity contribution in [2.45, 2.75) is 13.0 Å². The molecular weight excluding hydrogens is 434 g/mol. The Balaban J connectivity index is 1.39. The van der Waals surface area contributed by atoms with Crippen molar-refractivity contribution < 1.29 is 0 Å². The first-order chi connectivity index (χ1) is 16.1. The van der Waals surface area contributed by atoms with E-state index >= 15 is 0 Å². The molecule has 1 N–H and O–H groups in total. The minimum absolute atomic E-state index is 0.144. The lowest BCUT2D eigenvalue weighted by molar-refractivity contribution is 0.647. The van der Waals surface area contributed by atoms with E-state index in [2.05, 4.69) is 21.4 Å². The van der Waals surface area contributed by atoms with Gasteiger partial charge < -0.3 is 4.57 Å². The second-order valence-corrected chi connectivity index (χ2v) is 9.01. The van der Waals surface area contributed by atoms with E-state index in [0.717, 1.165) is 42.8 Å². The minimum Gasteiger partial charge on any atom is -0.323 e. The highest BCUT2D eigenvalue weighted by Gasteiger charge is 2.18. The third-order valence-electron chi connectivity index (χ3n) is 5.90. The van der Waals surface area contributed by atoms with Crippen LogP contribution in [0.3, 0.4) is 0 Å². The van der Waals surface area contributed by atoms with Crippen molar-refractivity contribution in [1.82, 2.24) is 29.5 Å². The quantitative estimate of drug-likeness (QED) is 0.440. The number of nitriles is 1. The maximum absolute atomic E-state index is 13.3. The van der Waals surface area contributed by atoms with Gasteiger partial charge in [-0.25, -0.2) is 9.67 Å². The summed E-state index contributed by atoms with van der Waals surface area (Å²) in [5, 5.41) is 23.3. The molecule has 0 saturated heterocycles. The summed E-state index contributed by atoms with van der Waals surface area (Å²) >= 11 is 1.58. The lowest BCUT2D eigenvalue weighted by Crippen LogP contribution is -2.24. The molecule has 0 atom stereocenters. The van der Waals surface area contributed by atoms with Gasteiger partial charge in [0.15, 0.2) is 5.65 Å². The molecule has 4 aromatic heterocycles. The fourth-order valence-electron chi connectivity index (χ4n) is 4.22. The topological polar surface area (TPSA) is 105 Å². The Hall–Kier alpha value is -4.29. The summed E-state index contributed by atoms with van der Waals surface area (Å²) in [7, 11) is 1.87. The second kappa shape index (κ2) is 7.39. The van der Waals surface area contributed by atoms with Gasteiger partial charge in [-0.15, -0.1) is 11.3 Å². The number of thiazole rings is 1. The Labute approximate surface area is 191 Å². The highest BCUT2D eigenvalue weighted by Crippen LogP contribution is 2.31. The molecule has 0 spiro atoms. The van der Waals surface area contributed by atoms with E-state index in [0.29, 0.717) is 24.0 Å². The number of aryl methyl sites for hydroxylation is 1. The van der Waals surface area contributed by atoms with Crippen LogP contribution >= 0.6 is 11.3 Å². The van der Waals surface area contributed by atoms with E-state index in [1.165, 1.54) is 4.68 Å². The van der Waals surface area contributed by atoms with Crippen molar-refractivity contribution >= 4 is 43.5 Å². The van der Waals surface area contributed by atoms with Gasteiger partial charge in [-0.2, -0.15) is 15.5 Å². The highest BCUT2D eigenvalue weighted by atomic mass is 32.1. The first-order valence-corrected chi connectivity index (χ1v) is 11.2. The minimum atomic E-state index is -0.144.